The Morgan fingerprint density at radius 2 is 2.04 bits per heavy atom. The summed E-state index contributed by atoms with van der Waals surface area (Å²) < 4.78 is 7.31. The molecule has 1 aromatic heterocycles. The SMILES string of the molecule is CCc1c(C(=O)O)sc(=O)n1CCCCOc1ccccc1C. The molecule has 0 aliphatic heterocycles. The van der Waals surface area contributed by atoms with Gasteiger partial charge in [-0.05, 0) is 37.8 Å². The molecule has 0 saturated carbocycles. The third-order valence-electron chi connectivity index (χ3n) is 3.65. The number of hydrogen-bond acceptors (Lipinski definition) is 4. The first-order valence-corrected chi connectivity index (χ1v) is 8.50. The van der Waals surface area contributed by atoms with Crippen molar-refractivity contribution < 1.29 is 14.6 Å². The number of nitrogens with zero attached hydrogens (tertiary/aromatic N) is 1. The average molecular weight is 335 g/mol. The molecule has 0 aliphatic carbocycles. The van der Waals surface area contributed by atoms with Crippen molar-refractivity contribution in [3.8, 4) is 5.75 Å². The van der Waals surface area contributed by atoms with Gasteiger partial charge in [0.2, 0.25) is 0 Å². The molecule has 0 saturated heterocycles. The second-order valence-electron chi connectivity index (χ2n) is 5.28. The van der Waals surface area contributed by atoms with Crippen molar-refractivity contribution in [2.45, 2.75) is 39.7 Å². The molecule has 0 atom stereocenters. The smallest absolute Gasteiger partial charge is 0.347 e. The van der Waals surface area contributed by atoms with Gasteiger partial charge in [0.25, 0.3) is 0 Å². The van der Waals surface area contributed by atoms with Crippen LogP contribution in [-0.2, 0) is 13.0 Å². The monoisotopic (exact) mass is 335 g/mol. The maximum atomic E-state index is 11.9. The number of unbranched alkanes of at least 4 members (excludes halogenated alkanes) is 1. The topological polar surface area (TPSA) is 68.5 Å². The van der Waals surface area contributed by atoms with Gasteiger partial charge in [-0.25, -0.2) is 4.79 Å². The number of para-hydroxylation sites is 1. The Hall–Kier alpha value is -2.08. The zero-order valence-electron chi connectivity index (χ0n) is 13.4. The standard InChI is InChI=1S/C17H21NO4S/c1-3-13-15(16(19)20)23-17(21)18(13)10-6-7-11-22-14-9-5-4-8-12(14)2/h4-5,8-9H,3,6-7,10-11H2,1-2H3,(H,19,20). The van der Waals surface area contributed by atoms with Gasteiger partial charge in [-0.2, -0.15) is 0 Å². The van der Waals surface area contributed by atoms with Gasteiger partial charge in [0.05, 0.1) is 6.61 Å². The van der Waals surface area contributed by atoms with Gasteiger partial charge < -0.3 is 14.4 Å². The van der Waals surface area contributed by atoms with E-state index in [1.807, 2.05) is 38.1 Å². The number of carboxylic acid groups (broad SMARTS) is 1. The normalized spacial score (nSPS) is 10.7. The lowest BCUT2D eigenvalue weighted by molar-refractivity contribution is 0.0700. The summed E-state index contributed by atoms with van der Waals surface area (Å²) in [6.45, 7) is 4.98. The molecule has 0 aliphatic rings. The maximum Gasteiger partial charge on any atom is 0.347 e. The number of thiazole rings is 1. The van der Waals surface area contributed by atoms with E-state index in [1.54, 1.807) is 4.57 Å². The Morgan fingerprint density at radius 1 is 1.30 bits per heavy atom. The Balaban J connectivity index is 1.88. The number of carbonyl (C=O) groups is 1. The molecular formula is C17H21NO4S. The molecule has 0 amide bonds. The molecule has 1 aromatic carbocycles. The van der Waals surface area contributed by atoms with Gasteiger partial charge in [-0.1, -0.05) is 36.5 Å². The van der Waals surface area contributed by atoms with Crippen molar-refractivity contribution in [3.05, 3.63) is 50.1 Å². The average Bonchev–Trinajstić information content (AvgIpc) is 2.85. The lowest BCUT2D eigenvalue weighted by Gasteiger charge is -2.10. The van der Waals surface area contributed by atoms with E-state index in [0.717, 1.165) is 35.5 Å². The van der Waals surface area contributed by atoms with Gasteiger partial charge in [0.1, 0.15) is 10.6 Å². The summed E-state index contributed by atoms with van der Waals surface area (Å²) in [5, 5.41) is 9.13. The molecule has 0 radical (unpaired) electrons. The second-order valence-corrected chi connectivity index (χ2v) is 6.24. The summed E-state index contributed by atoms with van der Waals surface area (Å²) in [5.74, 6) is -0.145. The predicted molar refractivity (Wildman–Crippen MR) is 90.8 cm³/mol. The van der Waals surface area contributed by atoms with Gasteiger partial charge in [-0.15, -0.1) is 0 Å². The molecule has 2 rings (SSSR count). The van der Waals surface area contributed by atoms with E-state index < -0.39 is 5.97 Å². The lowest BCUT2D eigenvalue weighted by atomic mass is 10.2. The second kappa shape index (κ2) is 7.97. The van der Waals surface area contributed by atoms with Crippen molar-refractivity contribution >= 4 is 17.3 Å². The Morgan fingerprint density at radius 3 is 2.70 bits per heavy atom. The number of aromatic carboxylic acids is 1. The minimum Gasteiger partial charge on any atom is -0.493 e. The largest absolute Gasteiger partial charge is 0.493 e. The molecule has 23 heavy (non-hydrogen) atoms. The van der Waals surface area contributed by atoms with Crippen molar-refractivity contribution in [1.82, 2.24) is 4.57 Å². The van der Waals surface area contributed by atoms with E-state index in [9.17, 15) is 9.59 Å². The summed E-state index contributed by atoms with van der Waals surface area (Å²) >= 11 is 0.813. The number of rotatable bonds is 8. The Bertz CT molecular complexity index is 732. The molecule has 1 N–H and O–H groups in total. The highest BCUT2D eigenvalue weighted by Crippen LogP contribution is 2.17. The Labute approximate surface area is 139 Å². The van der Waals surface area contributed by atoms with Crippen molar-refractivity contribution in [3.63, 3.8) is 0 Å². The van der Waals surface area contributed by atoms with Gasteiger partial charge >= 0.3 is 10.8 Å². The van der Waals surface area contributed by atoms with Crippen LogP contribution in [0.5, 0.6) is 5.75 Å². The van der Waals surface area contributed by atoms with Crippen molar-refractivity contribution in [2.75, 3.05) is 6.61 Å². The lowest BCUT2D eigenvalue weighted by Crippen LogP contribution is -2.17. The van der Waals surface area contributed by atoms with Crippen LogP contribution in [0, 0.1) is 6.92 Å². The third kappa shape index (κ3) is 4.22. The minimum absolute atomic E-state index is 0.161. The van der Waals surface area contributed by atoms with Crippen LogP contribution in [0.3, 0.4) is 0 Å². The third-order valence-corrected chi connectivity index (χ3v) is 4.66. The van der Waals surface area contributed by atoms with Crippen LogP contribution in [0.15, 0.2) is 29.1 Å². The molecular weight excluding hydrogens is 314 g/mol. The van der Waals surface area contributed by atoms with E-state index >= 15 is 0 Å². The molecule has 0 unspecified atom stereocenters. The van der Waals surface area contributed by atoms with Crippen LogP contribution in [0.25, 0.3) is 0 Å². The van der Waals surface area contributed by atoms with E-state index in [1.165, 1.54) is 0 Å². The van der Waals surface area contributed by atoms with E-state index in [-0.39, 0.29) is 9.75 Å². The summed E-state index contributed by atoms with van der Waals surface area (Å²) in [6.07, 6.45) is 2.12. The maximum absolute atomic E-state index is 11.9. The number of aromatic nitrogens is 1. The van der Waals surface area contributed by atoms with Gasteiger partial charge in [0.15, 0.2) is 0 Å². The number of aryl methyl sites for hydroxylation is 1. The highest BCUT2D eigenvalue weighted by molar-refractivity contribution is 7.11. The number of carboxylic acids is 1. The fourth-order valence-corrected chi connectivity index (χ4v) is 3.40. The fraction of sp³-hybridized carbons (Fsp3) is 0.412. The first-order chi connectivity index (χ1) is 11.0. The summed E-state index contributed by atoms with van der Waals surface area (Å²) in [6, 6.07) is 7.85. The first kappa shape index (κ1) is 17.3. The quantitative estimate of drug-likeness (QED) is 0.751. The van der Waals surface area contributed by atoms with Crippen molar-refractivity contribution in [2.24, 2.45) is 0 Å². The highest BCUT2D eigenvalue weighted by atomic mass is 32.1. The van der Waals surface area contributed by atoms with Crippen LogP contribution < -0.4 is 9.61 Å². The fourth-order valence-electron chi connectivity index (χ4n) is 2.45. The van der Waals surface area contributed by atoms with Gasteiger partial charge in [-0.3, -0.25) is 4.79 Å². The highest BCUT2D eigenvalue weighted by Gasteiger charge is 2.18. The van der Waals surface area contributed by atoms with Crippen molar-refractivity contribution in [1.29, 1.82) is 0 Å². The van der Waals surface area contributed by atoms with Gasteiger partial charge in [0, 0.05) is 12.2 Å². The zero-order chi connectivity index (χ0) is 16.8. The Kier molecular flexibility index (Phi) is 5.98. The number of benzene rings is 1. The number of ether oxygens (including phenoxy) is 1. The minimum atomic E-state index is -1.02. The molecule has 124 valence electrons. The van der Waals surface area contributed by atoms with Crippen LogP contribution in [0.4, 0.5) is 0 Å². The van der Waals surface area contributed by atoms with Crippen LogP contribution in [0.2, 0.25) is 0 Å². The molecule has 6 heteroatoms. The van der Waals surface area contributed by atoms with E-state index in [4.69, 9.17) is 9.84 Å². The predicted octanol–water partition coefficient (Wildman–Crippen LogP) is 3.34. The molecule has 0 spiro atoms. The number of hydrogen-bond donors (Lipinski definition) is 1. The zero-order valence-corrected chi connectivity index (χ0v) is 14.2. The summed E-state index contributed by atoms with van der Waals surface area (Å²) in [4.78, 5) is 23.1. The molecule has 5 nitrogen and oxygen atoms in total. The molecule has 0 bridgehead atoms. The van der Waals surface area contributed by atoms with E-state index in [0.29, 0.717) is 25.3 Å². The van der Waals surface area contributed by atoms with Crippen LogP contribution >= 0.6 is 11.3 Å². The molecule has 1 heterocycles. The van der Waals surface area contributed by atoms with E-state index in [2.05, 4.69) is 0 Å². The first-order valence-electron chi connectivity index (χ1n) is 7.68. The molecule has 0 fully saturated rings. The summed E-state index contributed by atoms with van der Waals surface area (Å²) in [5.41, 5.74) is 1.72. The van der Waals surface area contributed by atoms with Crippen LogP contribution in [0.1, 0.15) is 40.7 Å². The summed E-state index contributed by atoms with van der Waals surface area (Å²) in [7, 11) is 0. The van der Waals surface area contributed by atoms with Crippen LogP contribution in [-0.4, -0.2) is 22.2 Å². The molecule has 2 aromatic rings.